The van der Waals surface area contributed by atoms with Crippen LogP contribution in [0.25, 0.3) is 0 Å². The molecule has 1 rings (SSSR count). The molecular formula is C12H20O. The molecule has 0 aliphatic heterocycles. The zero-order chi connectivity index (χ0) is 10.7. The summed E-state index contributed by atoms with van der Waals surface area (Å²) in [6.45, 7) is 9.69. The van der Waals surface area contributed by atoms with Gasteiger partial charge in [-0.05, 0) is 31.9 Å². The smallest absolute Gasteiger partial charge is 0.116 e. The van der Waals surface area contributed by atoms with Gasteiger partial charge in [-0.3, -0.25) is 0 Å². The highest BCUT2D eigenvalue weighted by molar-refractivity contribution is 5.44. The van der Waals surface area contributed by atoms with Crippen molar-refractivity contribution >= 4 is 6.29 Å². The SMILES string of the molecule is CC.CC=O.Cc1ccccc1C. The van der Waals surface area contributed by atoms with Gasteiger partial charge in [-0.15, -0.1) is 0 Å². The average molecular weight is 180 g/mol. The maximum atomic E-state index is 8.81. The van der Waals surface area contributed by atoms with E-state index in [1.165, 1.54) is 18.1 Å². The van der Waals surface area contributed by atoms with Crippen molar-refractivity contribution in [2.24, 2.45) is 0 Å². The molecule has 1 heteroatoms. The van der Waals surface area contributed by atoms with Crippen LogP contribution in [0, 0.1) is 13.8 Å². The summed E-state index contributed by atoms with van der Waals surface area (Å²) >= 11 is 0. The Hall–Kier alpha value is -1.11. The van der Waals surface area contributed by atoms with Crippen LogP contribution < -0.4 is 0 Å². The second kappa shape index (κ2) is 10.9. The van der Waals surface area contributed by atoms with Crippen molar-refractivity contribution in [1.82, 2.24) is 0 Å². The third-order valence-corrected chi connectivity index (χ3v) is 1.43. The molecule has 0 unspecified atom stereocenters. The highest BCUT2D eigenvalue weighted by Gasteiger charge is 1.83. The van der Waals surface area contributed by atoms with Gasteiger partial charge in [0.1, 0.15) is 6.29 Å². The molecule has 0 spiro atoms. The summed E-state index contributed by atoms with van der Waals surface area (Å²) in [5.74, 6) is 0. The third kappa shape index (κ3) is 8.80. The van der Waals surface area contributed by atoms with Crippen molar-refractivity contribution < 1.29 is 4.79 Å². The average Bonchev–Trinajstić information content (AvgIpc) is 2.15. The van der Waals surface area contributed by atoms with Crippen LogP contribution in [0.5, 0.6) is 0 Å². The van der Waals surface area contributed by atoms with E-state index in [-0.39, 0.29) is 0 Å². The zero-order valence-corrected chi connectivity index (χ0v) is 9.29. The van der Waals surface area contributed by atoms with Gasteiger partial charge in [0.05, 0.1) is 0 Å². The fraction of sp³-hybridized carbons (Fsp3) is 0.417. The molecule has 0 saturated heterocycles. The van der Waals surface area contributed by atoms with Crippen LogP contribution in [0.4, 0.5) is 0 Å². The molecular weight excluding hydrogens is 160 g/mol. The van der Waals surface area contributed by atoms with Gasteiger partial charge in [-0.25, -0.2) is 0 Å². The summed E-state index contributed by atoms with van der Waals surface area (Å²) in [4.78, 5) is 8.81. The Morgan fingerprint density at radius 2 is 1.23 bits per heavy atom. The lowest BCUT2D eigenvalue weighted by Gasteiger charge is -1.93. The van der Waals surface area contributed by atoms with Crippen LogP contribution in [0.15, 0.2) is 24.3 Å². The summed E-state index contributed by atoms with van der Waals surface area (Å²) in [6, 6.07) is 8.36. The van der Waals surface area contributed by atoms with Crippen molar-refractivity contribution in [2.75, 3.05) is 0 Å². The van der Waals surface area contributed by atoms with E-state index in [1.54, 1.807) is 0 Å². The summed E-state index contributed by atoms with van der Waals surface area (Å²) < 4.78 is 0. The van der Waals surface area contributed by atoms with E-state index in [4.69, 9.17) is 4.79 Å². The highest BCUT2D eigenvalue weighted by atomic mass is 16.1. The lowest BCUT2D eigenvalue weighted by molar-refractivity contribution is -0.106. The first kappa shape index (κ1) is 14.4. The zero-order valence-electron chi connectivity index (χ0n) is 9.29. The Labute approximate surface area is 81.8 Å². The van der Waals surface area contributed by atoms with Crippen LogP contribution in [-0.2, 0) is 4.79 Å². The number of carbonyl (C=O) groups excluding carboxylic acids is 1. The standard InChI is InChI=1S/C8H10.C2H4O.C2H6/c1-7-5-3-4-6-8(7)2;1-2-3;1-2/h3-6H,1-2H3;2H,1H3;1-2H3. The van der Waals surface area contributed by atoms with E-state index in [0.29, 0.717) is 0 Å². The lowest BCUT2D eigenvalue weighted by atomic mass is 10.1. The van der Waals surface area contributed by atoms with Gasteiger partial charge >= 0.3 is 0 Å². The number of aryl methyl sites for hydroxylation is 2. The van der Waals surface area contributed by atoms with Gasteiger partial charge in [0.15, 0.2) is 0 Å². The molecule has 74 valence electrons. The molecule has 0 radical (unpaired) electrons. The molecule has 0 saturated carbocycles. The minimum absolute atomic E-state index is 0.750. The van der Waals surface area contributed by atoms with Gasteiger partial charge in [-0.2, -0.15) is 0 Å². The number of hydrogen-bond donors (Lipinski definition) is 0. The van der Waals surface area contributed by atoms with Gasteiger partial charge < -0.3 is 4.79 Å². The fourth-order valence-electron chi connectivity index (χ4n) is 0.663. The van der Waals surface area contributed by atoms with E-state index in [9.17, 15) is 0 Å². The maximum absolute atomic E-state index is 8.81. The Bertz CT molecular complexity index is 195. The van der Waals surface area contributed by atoms with Crippen molar-refractivity contribution in [3.05, 3.63) is 35.4 Å². The van der Waals surface area contributed by atoms with Crippen LogP contribution >= 0.6 is 0 Å². The van der Waals surface area contributed by atoms with Crippen molar-refractivity contribution in [1.29, 1.82) is 0 Å². The number of benzene rings is 1. The molecule has 1 nitrogen and oxygen atoms in total. The second-order valence-corrected chi connectivity index (χ2v) is 2.32. The molecule has 0 aliphatic rings. The van der Waals surface area contributed by atoms with Crippen LogP contribution in [0.1, 0.15) is 31.9 Å². The van der Waals surface area contributed by atoms with E-state index >= 15 is 0 Å². The Morgan fingerprint density at radius 3 is 1.38 bits per heavy atom. The van der Waals surface area contributed by atoms with E-state index in [1.807, 2.05) is 13.8 Å². The van der Waals surface area contributed by atoms with Crippen molar-refractivity contribution in [2.45, 2.75) is 34.6 Å². The summed E-state index contributed by atoms with van der Waals surface area (Å²) in [5.41, 5.74) is 2.74. The summed E-state index contributed by atoms with van der Waals surface area (Å²) in [5, 5.41) is 0. The third-order valence-electron chi connectivity index (χ3n) is 1.43. The van der Waals surface area contributed by atoms with Gasteiger partial charge in [0.2, 0.25) is 0 Å². The van der Waals surface area contributed by atoms with Crippen LogP contribution in [0.3, 0.4) is 0 Å². The predicted molar refractivity (Wildman–Crippen MR) is 59.0 cm³/mol. The molecule has 13 heavy (non-hydrogen) atoms. The Morgan fingerprint density at radius 1 is 1.00 bits per heavy atom. The number of hydrogen-bond acceptors (Lipinski definition) is 1. The quantitative estimate of drug-likeness (QED) is 0.558. The normalized spacial score (nSPS) is 7.15. The van der Waals surface area contributed by atoms with Crippen LogP contribution in [-0.4, -0.2) is 6.29 Å². The molecule has 1 aromatic carbocycles. The van der Waals surface area contributed by atoms with Crippen LogP contribution in [0.2, 0.25) is 0 Å². The maximum Gasteiger partial charge on any atom is 0.116 e. The van der Waals surface area contributed by atoms with E-state index in [2.05, 4.69) is 38.1 Å². The molecule has 0 aliphatic carbocycles. The lowest BCUT2D eigenvalue weighted by Crippen LogP contribution is -1.74. The van der Waals surface area contributed by atoms with Crippen molar-refractivity contribution in [3.63, 3.8) is 0 Å². The summed E-state index contributed by atoms with van der Waals surface area (Å²) in [6.07, 6.45) is 0.750. The fourth-order valence-corrected chi connectivity index (χ4v) is 0.663. The highest BCUT2D eigenvalue weighted by Crippen LogP contribution is 2.02. The second-order valence-electron chi connectivity index (χ2n) is 2.32. The Balaban J connectivity index is 0. The first-order valence-corrected chi connectivity index (χ1v) is 4.64. The predicted octanol–water partition coefficient (Wildman–Crippen LogP) is 3.53. The first-order chi connectivity index (χ1) is 6.22. The van der Waals surface area contributed by atoms with E-state index < -0.39 is 0 Å². The molecule has 0 aromatic heterocycles. The van der Waals surface area contributed by atoms with Gasteiger partial charge in [0, 0.05) is 0 Å². The molecule has 0 bridgehead atoms. The van der Waals surface area contributed by atoms with Crippen molar-refractivity contribution in [3.8, 4) is 0 Å². The summed E-state index contributed by atoms with van der Waals surface area (Å²) in [7, 11) is 0. The molecule has 1 aromatic rings. The monoisotopic (exact) mass is 180 g/mol. The van der Waals surface area contributed by atoms with Gasteiger partial charge in [0.25, 0.3) is 0 Å². The van der Waals surface area contributed by atoms with Gasteiger partial charge in [-0.1, -0.05) is 38.1 Å². The minimum Gasteiger partial charge on any atom is -0.304 e. The molecule has 0 atom stereocenters. The molecule has 0 amide bonds. The molecule has 0 fully saturated rings. The molecule has 0 heterocycles. The molecule has 0 N–H and O–H groups in total. The number of carbonyl (C=O) groups is 1. The Kier molecular flexibility index (Phi) is 12.1. The number of aldehydes is 1. The number of rotatable bonds is 0. The van der Waals surface area contributed by atoms with E-state index in [0.717, 1.165) is 6.29 Å². The largest absolute Gasteiger partial charge is 0.304 e. The topological polar surface area (TPSA) is 17.1 Å². The first-order valence-electron chi connectivity index (χ1n) is 4.64. The minimum atomic E-state index is 0.750.